The van der Waals surface area contributed by atoms with Crippen LogP contribution in [0.5, 0.6) is 0 Å². The summed E-state index contributed by atoms with van der Waals surface area (Å²) in [5, 5.41) is 4.56. The third-order valence-electron chi connectivity index (χ3n) is 3.30. The Kier molecular flexibility index (Phi) is 3.40. The number of benzene rings is 1. The third kappa shape index (κ3) is 2.39. The van der Waals surface area contributed by atoms with E-state index in [1.807, 2.05) is 19.1 Å². The summed E-state index contributed by atoms with van der Waals surface area (Å²) in [5.74, 6) is 1.70. The highest BCUT2D eigenvalue weighted by molar-refractivity contribution is 7.18. The van der Waals surface area contributed by atoms with Crippen molar-refractivity contribution >= 4 is 33.1 Å². The molecular weight excluding hydrogens is 266 g/mol. The van der Waals surface area contributed by atoms with Gasteiger partial charge in [0.2, 0.25) is 0 Å². The summed E-state index contributed by atoms with van der Waals surface area (Å²) in [6, 6.07) is 10.4. The SMILES string of the molecule is CCc1cc2c(Nc3ccccc3C)nc(C)nc2s1. The van der Waals surface area contributed by atoms with Crippen LogP contribution in [0.2, 0.25) is 0 Å². The molecule has 3 aromatic rings. The van der Waals surface area contributed by atoms with Gasteiger partial charge in [-0.1, -0.05) is 25.1 Å². The number of nitrogens with zero attached hydrogens (tertiary/aromatic N) is 2. The molecule has 0 aliphatic carbocycles. The highest BCUT2D eigenvalue weighted by atomic mass is 32.1. The van der Waals surface area contributed by atoms with Crippen molar-refractivity contribution in [2.24, 2.45) is 0 Å². The zero-order chi connectivity index (χ0) is 14.1. The first kappa shape index (κ1) is 13.1. The van der Waals surface area contributed by atoms with Crippen LogP contribution in [0.3, 0.4) is 0 Å². The molecular formula is C16H17N3S. The molecule has 1 N–H and O–H groups in total. The van der Waals surface area contributed by atoms with E-state index in [0.717, 1.165) is 34.0 Å². The molecule has 0 saturated carbocycles. The number of nitrogens with one attached hydrogen (secondary N) is 1. The zero-order valence-corrected chi connectivity index (χ0v) is 12.7. The van der Waals surface area contributed by atoms with Crippen LogP contribution in [0, 0.1) is 13.8 Å². The Morgan fingerprint density at radius 2 is 1.95 bits per heavy atom. The molecule has 20 heavy (non-hydrogen) atoms. The summed E-state index contributed by atoms with van der Waals surface area (Å²) in [6.07, 6.45) is 1.03. The standard InChI is InChI=1S/C16H17N3S/c1-4-12-9-13-15(17-11(3)18-16(13)20-12)19-14-8-6-5-7-10(14)2/h5-9H,4H2,1-3H3,(H,17,18,19). The number of hydrogen-bond acceptors (Lipinski definition) is 4. The van der Waals surface area contributed by atoms with Gasteiger partial charge in [-0.15, -0.1) is 11.3 Å². The molecule has 0 unspecified atom stereocenters. The molecule has 4 heteroatoms. The summed E-state index contributed by atoms with van der Waals surface area (Å²) in [5.41, 5.74) is 2.30. The van der Waals surface area contributed by atoms with Crippen molar-refractivity contribution in [1.82, 2.24) is 9.97 Å². The van der Waals surface area contributed by atoms with E-state index in [2.05, 4.69) is 47.3 Å². The van der Waals surface area contributed by atoms with Crippen LogP contribution in [0.25, 0.3) is 10.2 Å². The van der Waals surface area contributed by atoms with Gasteiger partial charge in [-0.3, -0.25) is 0 Å². The van der Waals surface area contributed by atoms with Gasteiger partial charge >= 0.3 is 0 Å². The lowest BCUT2D eigenvalue weighted by Gasteiger charge is -2.09. The molecule has 0 radical (unpaired) electrons. The smallest absolute Gasteiger partial charge is 0.142 e. The number of para-hydroxylation sites is 1. The first-order valence-corrected chi connectivity index (χ1v) is 7.58. The van der Waals surface area contributed by atoms with Crippen LogP contribution >= 0.6 is 11.3 Å². The van der Waals surface area contributed by atoms with Gasteiger partial charge < -0.3 is 5.32 Å². The summed E-state index contributed by atoms with van der Waals surface area (Å²) >= 11 is 1.75. The summed E-state index contributed by atoms with van der Waals surface area (Å²) in [7, 11) is 0. The van der Waals surface area contributed by atoms with Crippen molar-refractivity contribution in [2.75, 3.05) is 5.32 Å². The number of rotatable bonds is 3. The van der Waals surface area contributed by atoms with Gasteiger partial charge in [0.05, 0.1) is 5.39 Å². The lowest BCUT2D eigenvalue weighted by atomic mass is 10.2. The molecule has 0 aliphatic rings. The molecule has 0 aliphatic heterocycles. The van der Waals surface area contributed by atoms with E-state index in [0.29, 0.717) is 0 Å². The lowest BCUT2D eigenvalue weighted by Crippen LogP contribution is -1.98. The first-order valence-electron chi connectivity index (χ1n) is 6.77. The average molecular weight is 283 g/mol. The Labute approximate surface area is 122 Å². The topological polar surface area (TPSA) is 37.8 Å². The maximum absolute atomic E-state index is 4.57. The van der Waals surface area contributed by atoms with Gasteiger partial charge in [-0.05, 0) is 38.0 Å². The maximum atomic E-state index is 4.57. The van der Waals surface area contributed by atoms with E-state index < -0.39 is 0 Å². The largest absolute Gasteiger partial charge is 0.339 e. The fraction of sp³-hybridized carbons (Fsp3) is 0.250. The molecule has 0 saturated heterocycles. The van der Waals surface area contributed by atoms with E-state index >= 15 is 0 Å². The van der Waals surface area contributed by atoms with Gasteiger partial charge in [-0.2, -0.15) is 0 Å². The van der Waals surface area contributed by atoms with Gasteiger partial charge in [0.25, 0.3) is 0 Å². The van der Waals surface area contributed by atoms with Gasteiger partial charge in [0.15, 0.2) is 0 Å². The molecule has 0 amide bonds. The molecule has 2 heterocycles. The Hall–Kier alpha value is -1.94. The number of anilines is 2. The monoisotopic (exact) mass is 283 g/mol. The minimum absolute atomic E-state index is 0.804. The quantitative estimate of drug-likeness (QED) is 0.762. The van der Waals surface area contributed by atoms with Crippen molar-refractivity contribution in [3.05, 3.63) is 46.6 Å². The average Bonchev–Trinajstić information content (AvgIpc) is 2.84. The predicted molar refractivity (Wildman–Crippen MR) is 86.0 cm³/mol. The van der Waals surface area contributed by atoms with Crippen molar-refractivity contribution in [2.45, 2.75) is 27.2 Å². The second kappa shape index (κ2) is 5.21. The number of fused-ring (bicyclic) bond motifs is 1. The van der Waals surface area contributed by atoms with Crippen molar-refractivity contribution in [3.8, 4) is 0 Å². The summed E-state index contributed by atoms with van der Waals surface area (Å²) in [4.78, 5) is 11.5. The zero-order valence-electron chi connectivity index (χ0n) is 11.9. The van der Waals surface area contributed by atoms with Crippen LogP contribution in [0.1, 0.15) is 23.2 Å². The Bertz CT molecular complexity index is 762. The molecule has 2 aromatic heterocycles. The Morgan fingerprint density at radius 3 is 2.70 bits per heavy atom. The third-order valence-corrected chi connectivity index (χ3v) is 4.48. The van der Waals surface area contributed by atoms with E-state index in [9.17, 15) is 0 Å². The van der Waals surface area contributed by atoms with E-state index in [1.54, 1.807) is 11.3 Å². The molecule has 0 fully saturated rings. The fourth-order valence-electron chi connectivity index (χ4n) is 2.19. The molecule has 0 bridgehead atoms. The Balaban J connectivity index is 2.11. The molecule has 0 spiro atoms. The highest BCUT2D eigenvalue weighted by Crippen LogP contribution is 2.31. The molecule has 3 nitrogen and oxygen atoms in total. The second-order valence-corrected chi connectivity index (χ2v) is 5.96. The van der Waals surface area contributed by atoms with E-state index in [1.165, 1.54) is 10.4 Å². The second-order valence-electron chi connectivity index (χ2n) is 4.84. The van der Waals surface area contributed by atoms with Gasteiger partial charge in [0, 0.05) is 10.6 Å². The summed E-state index contributed by atoms with van der Waals surface area (Å²) in [6.45, 7) is 6.20. The number of hydrogen-bond donors (Lipinski definition) is 1. The van der Waals surface area contributed by atoms with Crippen LogP contribution in [0.4, 0.5) is 11.5 Å². The lowest BCUT2D eigenvalue weighted by molar-refractivity contribution is 1.10. The number of thiophene rings is 1. The van der Waals surface area contributed by atoms with Gasteiger partial charge in [0.1, 0.15) is 16.5 Å². The number of aryl methyl sites for hydroxylation is 3. The van der Waals surface area contributed by atoms with Crippen molar-refractivity contribution in [3.63, 3.8) is 0 Å². The predicted octanol–water partition coefficient (Wildman–Crippen LogP) is 4.61. The number of aromatic nitrogens is 2. The molecule has 1 aromatic carbocycles. The van der Waals surface area contributed by atoms with Crippen molar-refractivity contribution < 1.29 is 0 Å². The minimum Gasteiger partial charge on any atom is -0.339 e. The van der Waals surface area contributed by atoms with E-state index in [4.69, 9.17) is 0 Å². The van der Waals surface area contributed by atoms with Crippen LogP contribution in [0.15, 0.2) is 30.3 Å². The summed E-state index contributed by atoms with van der Waals surface area (Å²) < 4.78 is 0. The minimum atomic E-state index is 0.804. The van der Waals surface area contributed by atoms with Crippen LogP contribution < -0.4 is 5.32 Å². The maximum Gasteiger partial charge on any atom is 0.142 e. The van der Waals surface area contributed by atoms with Crippen LogP contribution in [-0.4, -0.2) is 9.97 Å². The van der Waals surface area contributed by atoms with Crippen molar-refractivity contribution in [1.29, 1.82) is 0 Å². The van der Waals surface area contributed by atoms with Crippen LogP contribution in [-0.2, 0) is 6.42 Å². The van der Waals surface area contributed by atoms with E-state index in [-0.39, 0.29) is 0 Å². The fourth-order valence-corrected chi connectivity index (χ4v) is 3.20. The molecule has 3 rings (SSSR count). The molecule has 0 atom stereocenters. The normalized spacial score (nSPS) is 10.9. The molecule has 102 valence electrons. The Morgan fingerprint density at radius 1 is 1.15 bits per heavy atom. The first-order chi connectivity index (χ1) is 9.67. The van der Waals surface area contributed by atoms with Gasteiger partial charge in [-0.25, -0.2) is 9.97 Å². The highest BCUT2D eigenvalue weighted by Gasteiger charge is 2.10.